The van der Waals surface area contributed by atoms with Gasteiger partial charge in [0.1, 0.15) is 17.6 Å². The van der Waals surface area contributed by atoms with Crippen molar-refractivity contribution in [3.63, 3.8) is 0 Å². The molecule has 0 bridgehead atoms. The van der Waals surface area contributed by atoms with Gasteiger partial charge in [-0.1, -0.05) is 0 Å². The molecule has 0 aliphatic heterocycles. The van der Waals surface area contributed by atoms with E-state index in [-0.39, 0.29) is 18.8 Å². The molecule has 9 heteroatoms. The minimum absolute atomic E-state index is 0.125. The molecule has 6 nitrogen and oxygen atoms in total. The summed E-state index contributed by atoms with van der Waals surface area (Å²) in [5, 5.41) is 10.8. The maximum atomic E-state index is 12.6. The largest absolute Gasteiger partial charge is 0.433 e. The lowest BCUT2D eigenvalue weighted by Gasteiger charge is -2.22. The molecule has 0 radical (unpaired) electrons. The Morgan fingerprint density at radius 1 is 1.53 bits per heavy atom. The topological polar surface area (TPSA) is 85.3 Å². The van der Waals surface area contributed by atoms with E-state index in [0.717, 1.165) is 0 Å². The number of anilines is 1. The molecule has 1 rings (SSSR count). The quantitative estimate of drug-likeness (QED) is 0.655. The average Bonchev–Trinajstić information content (AvgIpc) is 2.34. The molecule has 0 atom stereocenters. The fourth-order valence-corrected chi connectivity index (χ4v) is 1.59. The predicted octanol–water partition coefficient (Wildman–Crippen LogP) is 1.79. The van der Waals surface area contributed by atoms with Crippen molar-refractivity contribution in [2.45, 2.75) is 13.1 Å². The molecule has 19 heavy (non-hydrogen) atoms. The molecule has 0 aromatic carbocycles. The Labute approximate surface area is 107 Å². The number of hydrogen-bond acceptors (Lipinski definition) is 5. The summed E-state index contributed by atoms with van der Waals surface area (Å²) in [5.41, 5.74) is 3.59. The Hall–Kier alpha value is -1.90. The van der Waals surface area contributed by atoms with Gasteiger partial charge in [0.05, 0.1) is 4.92 Å². The van der Waals surface area contributed by atoms with E-state index in [1.807, 2.05) is 0 Å². The van der Waals surface area contributed by atoms with Crippen LogP contribution in [0, 0.1) is 10.1 Å². The van der Waals surface area contributed by atoms with Crippen LogP contribution in [0.25, 0.3) is 0 Å². The van der Waals surface area contributed by atoms with E-state index in [2.05, 4.69) is 4.98 Å². The van der Waals surface area contributed by atoms with Crippen LogP contribution in [0.15, 0.2) is 12.3 Å². The highest BCUT2D eigenvalue weighted by Gasteiger charge is 2.35. The highest BCUT2D eigenvalue weighted by Crippen LogP contribution is 2.34. The molecule has 0 aliphatic carbocycles. The average molecular weight is 278 g/mol. The van der Waals surface area contributed by atoms with Gasteiger partial charge in [0, 0.05) is 19.6 Å². The van der Waals surface area contributed by atoms with Gasteiger partial charge in [-0.25, -0.2) is 4.98 Å². The number of nitrogens with zero attached hydrogens (tertiary/aromatic N) is 3. The molecule has 0 spiro atoms. The van der Waals surface area contributed by atoms with E-state index < -0.39 is 22.5 Å². The van der Waals surface area contributed by atoms with Crippen LogP contribution in [0.4, 0.5) is 24.5 Å². The molecular weight excluding hydrogens is 265 g/mol. The van der Waals surface area contributed by atoms with E-state index >= 15 is 0 Å². The summed E-state index contributed by atoms with van der Waals surface area (Å²) >= 11 is 0. The molecule has 0 saturated carbocycles. The van der Waals surface area contributed by atoms with Crippen LogP contribution in [0.3, 0.4) is 0 Å². The van der Waals surface area contributed by atoms with Crippen LogP contribution in [-0.4, -0.2) is 29.5 Å². The maximum Gasteiger partial charge on any atom is 0.433 e. The van der Waals surface area contributed by atoms with Gasteiger partial charge in [-0.15, -0.1) is 0 Å². The van der Waals surface area contributed by atoms with E-state index in [4.69, 9.17) is 5.73 Å². The van der Waals surface area contributed by atoms with E-state index in [0.29, 0.717) is 18.8 Å². The fourth-order valence-electron chi connectivity index (χ4n) is 1.59. The molecule has 0 fully saturated rings. The lowest BCUT2D eigenvalue weighted by Crippen LogP contribution is -2.30. The molecule has 0 saturated heterocycles. The van der Waals surface area contributed by atoms with Crippen molar-refractivity contribution in [3.8, 4) is 0 Å². The highest BCUT2D eigenvalue weighted by molar-refractivity contribution is 5.63. The number of alkyl halides is 3. The summed E-state index contributed by atoms with van der Waals surface area (Å²) in [7, 11) is 0. The second kappa shape index (κ2) is 5.83. The number of likely N-dealkylation sites (N-methyl/N-ethyl adjacent to an activating group) is 1. The van der Waals surface area contributed by atoms with Gasteiger partial charge < -0.3 is 10.6 Å². The number of pyridine rings is 1. The van der Waals surface area contributed by atoms with Gasteiger partial charge in [-0.05, 0) is 13.0 Å². The monoisotopic (exact) mass is 278 g/mol. The molecule has 1 heterocycles. The van der Waals surface area contributed by atoms with Crippen LogP contribution in [0.2, 0.25) is 0 Å². The van der Waals surface area contributed by atoms with Crippen molar-refractivity contribution in [1.29, 1.82) is 0 Å². The van der Waals surface area contributed by atoms with Crippen molar-refractivity contribution < 1.29 is 18.1 Å². The first-order chi connectivity index (χ1) is 8.81. The van der Waals surface area contributed by atoms with Gasteiger partial charge in [0.15, 0.2) is 0 Å². The first-order valence-electron chi connectivity index (χ1n) is 5.47. The Kier molecular flexibility index (Phi) is 4.65. The van der Waals surface area contributed by atoms with Crippen LogP contribution < -0.4 is 10.6 Å². The van der Waals surface area contributed by atoms with Crippen molar-refractivity contribution in [2.75, 3.05) is 24.5 Å². The summed E-state index contributed by atoms with van der Waals surface area (Å²) in [4.78, 5) is 14.6. The molecule has 1 aromatic rings. The number of nitro groups is 1. The fraction of sp³-hybridized carbons (Fsp3) is 0.500. The first-order valence-corrected chi connectivity index (χ1v) is 5.47. The summed E-state index contributed by atoms with van der Waals surface area (Å²) in [6.45, 7) is 2.37. The normalized spacial score (nSPS) is 11.4. The SMILES string of the molecule is CCN(CCN)c1cc(C(F)(F)F)ncc1[N+](=O)[O-]. The van der Waals surface area contributed by atoms with Gasteiger partial charge in [-0.2, -0.15) is 13.2 Å². The third kappa shape index (κ3) is 3.53. The Morgan fingerprint density at radius 3 is 2.58 bits per heavy atom. The molecule has 2 N–H and O–H groups in total. The minimum atomic E-state index is -4.65. The zero-order chi connectivity index (χ0) is 14.6. The molecule has 0 unspecified atom stereocenters. The minimum Gasteiger partial charge on any atom is -0.365 e. The number of aromatic nitrogens is 1. The van der Waals surface area contributed by atoms with E-state index in [1.54, 1.807) is 6.92 Å². The third-order valence-electron chi connectivity index (χ3n) is 2.47. The van der Waals surface area contributed by atoms with Crippen LogP contribution in [0.1, 0.15) is 12.6 Å². The molecule has 0 amide bonds. The van der Waals surface area contributed by atoms with Gasteiger partial charge >= 0.3 is 11.9 Å². The summed E-state index contributed by atoms with van der Waals surface area (Å²) < 4.78 is 37.7. The zero-order valence-corrected chi connectivity index (χ0v) is 10.1. The number of nitrogens with two attached hydrogens (primary N) is 1. The van der Waals surface area contributed by atoms with Crippen LogP contribution >= 0.6 is 0 Å². The van der Waals surface area contributed by atoms with Crippen molar-refractivity contribution in [1.82, 2.24) is 4.98 Å². The molecule has 1 aromatic heterocycles. The Bertz CT molecular complexity index is 465. The number of hydrogen-bond donors (Lipinski definition) is 1. The second-order valence-corrected chi connectivity index (χ2v) is 3.68. The Balaban J connectivity index is 3.33. The molecule has 106 valence electrons. The Morgan fingerprint density at radius 2 is 2.16 bits per heavy atom. The first kappa shape index (κ1) is 15.2. The second-order valence-electron chi connectivity index (χ2n) is 3.68. The van der Waals surface area contributed by atoms with E-state index in [9.17, 15) is 23.3 Å². The van der Waals surface area contributed by atoms with Crippen LogP contribution in [-0.2, 0) is 6.18 Å². The van der Waals surface area contributed by atoms with Gasteiger partial charge in [-0.3, -0.25) is 10.1 Å². The molecular formula is C10H13F3N4O2. The summed E-state index contributed by atoms with van der Waals surface area (Å²) in [6.07, 6.45) is -4.02. The zero-order valence-electron chi connectivity index (χ0n) is 10.1. The smallest absolute Gasteiger partial charge is 0.365 e. The lowest BCUT2D eigenvalue weighted by atomic mass is 10.2. The van der Waals surface area contributed by atoms with Crippen molar-refractivity contribution in [3.05, 3.63) is 28.1 Å². The summed E-state index contributed by atoms with van der Waals surface area (Å²) in [5.74, 6) is 0. The molecule has 0 aliphatic rings. The maximum absolute atomic E-state index is 12.6. The van der Waals surface area contributed by atoms with Crippen molar-refractivity contribution in [2.24, 2.45) is 5.73 Å². The third-order valence-corrected chi connectivity index (χ3v) is 2.47. The summed E-state index contributed by atoms with van der Waals surface area (Å²) in [6, 6.07) is 0.678. The van der Waals surface area contributed by atoms with Gasteiger partial charge in [0.25, 0.3) is 0 Å². The highest BCUT2D eigenvalue weighted by atomic mass is 19.4. The number of rotatable bonds is 5. The van der Waals surface area contributed by atoms with E-state index in [1.165, 1.54) is 4.90 Å². The van der Waals surface area contributed by atoms with Crippen molar-refractivity contribution >= 4 is 11.4 Å². The standard InChI is InChI=1S/C10H13F3N4O2/c1-2-16(4-3-14)7-5-9(10(11,12)13)15-6-8(7)17(18)19/h5-6H,2-4,14H2,1H3. The van der Waals surface area contributed by atoms with Gasteiger partial charge in [0.2, 0.25) is 0 Å². The predicted molar refractivity (Wildman–Crippen MR) is 62.8 cm³/mol. The lowest BCUT2D eigenvalue weighted by molar-refractivity contribution is -0.384. The number of halogens is 3. The van der Waals surface area contributed by atoms with Crippen LogP contribution in [0.5, 0.6) is 0 Å².